The van der Waals surface area contributed by atoms with Gasteiger partial charge in [0, 0.05) is 12.1 Å². The molecule has 0 aliphatic rings. The molecule has 0 bridgehead atoms. The summed E-state index contributed by atoms with van der Waals surface area (Å²) >= 11 is 0. The minimum absolute atomic E-state index is 0.224. The molecule has 1 heterocycles. The highest BCUT2D eigenvalue weighted by molar-refractivity contribution is 5.69. The van der Waals surface area contributed by atoms with E-state index in [1.165, 1.54) is 11.6 Å². The Morgan fingerprint density at radius 1 is 1.07 bits per heavy atom. The van der Waals surface area contributed by atoms with Crippen LogP contribution in [-0.2, 0) is 6.42 Å². The zero-order valence-corrected chi connectivity index (χ0v) is 27.8. The molecule has 0 saturated heterocycles. The highest BCUT2D eigenvalue weighted by Crippen LogP contribution is 2.31. The van der Waals surface area contributed by atoms with Crippen LogP contribution in [0.25, 0.3) is 11.3 Å². The predicted molar refractivity (Wildman–Crippen MR) is 191 cm³/mol. The second-order valence-electron chi connectivity index (χ2n) is 10.0. The maximum absolute atomic E-state index is 13.6. The highest BCUT2D eigenvalue weighted by atomic mass is 19.1. The normalized spacial score (nSPS) is 10.9. The van der Waals surface area contributed by atoms with E-state index in [0.29, 0.717) is 18.5 Å². The summed E-state index contributed by atoms with van der Waals surface area (Å²) in [6.45, 7) is 26.2. The van der Waals surface area contributed by atoms with Crippen molar-refractivity contribution < 1.29 is 4.39 Å². The minimum Gasteiger partial charge on any atom is -0.369 e. The Hall–Kier alpha value is -4.49. The fourth-order valence-electron chi connectivity index (χ4n) is 4.17. The van der Waals surface area contributed by atoms with Crippen molar-refractivity contribution in [2.45, 2.75) is 73.1 Å². The maximum Gasteiger partial charge on any atom is 0.130 e. The van der Waals surface area contributed by atoms with Crippen molar-refractivity contribution in [2.24, 2.45) is 0 Å². The fourth-order valence-corrected chi connectivity index (χ4v) is 4.17. The zero-order valence-electron chi connectivity index (χ0n) is 27.8. The Morgan fingerprint density at radius 3 is 2.39 bits per heavy atom. The Bertz CT molecular complexity index is 1380. The molecule has 0 spiro atoms. The van der Waals surface area contributed by atoms with Gasteiger partial charge in [0.05, 0.1) is 17.3 Å². The van der Waals surface area contributed by atoms with Crippen molar-refractivity contribution >= 4 is 5.82 Å². The molecule has 44 heavy (non-hydrogen) atoms. The number of hydrogen-bond acceptors (Lipinski definition) is 3. The summed E-state index contributed by atoms with van der Waals surface area (Å²) in [7, 11) is 0. The predicted octanol–water partition coefficient (Wildman–Crippen LogP) is 11.8. The molecule has 0 amide bonds. The first-order valence-corrected chi connectivity index (χ1v) is 15.3. The third-order valence-corrected chi connectivity index (χ3v) is 6.33. The van der Waals surface area contributed by atoms with E-state index < -0.39 is 0 Å². The van der Waals surface area contributed by atoms with Gasteiger partial charge in [-0.05, 0) is 87.8 Å². The van der Waals surface area contributed by atoms with Gasteiger partial charge >= 0.3 is 0 Å². The summed E-state index contributed by atoms with van der Waals surface area (Å²) in [5.41, 5.74) is 6.75. The lowest BCUT2D eigenvalue weighted by Gasteiger charge is -2.19. The Labute approximate surface area is 267 Å². The van der Waals surface area contributed by atoms with Gasteiger partial charge in [0.2, 0.25) is 0 Å². The van der Waals surface area contributed by atoms with Crippen molar-refractivity contribution in [3.05, 3.63) is 145 Å². The van der Waals surface area contributed by atoms with Gasteiger partial charge in [0.15, 0.2) is 0 Å². The third-order valence-electron chi connectivity index (χ3n) is 6.33. The van der Waals surface area contributed by atoms with E-state index in [2.05, 4.69) is 75.8 Å². The highest BCUT2D eigenvalue weighted by Gasteiger charge is 2.15. The first-order valence-electron chi connectivity index (χ1n) is 15.3. The smallest absolute Gasteiger partial charge is 0.130 e. The van der Waals surface area contributed by atoms with Gasteiger partial charge in [-0.15, -0.1) is 19.7 Å². The van der Waals surface area contributed by atoms with Crippen LogP contribution in [0.5, 0.6) is 0 Å². The first kappa shape index (κ1) is 39.5. The van der Waals surface area contributed by atoms with Crippen LogP contribution in [0.3, 0.4) is 0 Å². The monoisotopic (exact) mass is 593 g/mol. The molecule has 0 aliphatic carbocycles. The minimum atomic E-state index is -0.224. The molecule has 3 nitrogen and oxygen atoms in total. The van der Waals surface area contributed by atoms with Crippen molar-refractivity contribution in [3.8, 4) is 17.3 Å². The Morgan fingerprint density at radius 2 is 1.75 bits per heavy atom. The molecule has 1 N–H and O–H groups in total. The lowest BCUT2D eigenvalue weighted by molar-refractivity contribution is 0.625. The summed E-state index contributed by atoms with van der Waals surface area (Å²) < 4.78 is 13.6. The van der Waals surface area contributed by atoms with Crippen LogP contribution < -0.4 is 5.32 Å². The number of rotatable bonds is 12. The Kier molecular flexibility index (Phi) is 21.6. The number of anilines is 1. The molecule has 0 aliphatic heterocycles. The van der Waals surface area contributed by atoms with E-state index in [1.54, 1.807) is 18.2 Å². The lowest BCUT2D eigenvalue weighted by Crippen LogP contribution is -2.11. The third kappa shape index (κ3) is 15.1. The number of halogens is 1. The van der Waals surface area contributed by atoms with E-state index in [0.717, 1.165) is 53.0 Å². The second-order valence-corrected chi connectivity index (χ2v) is 10.0. The SMILES string of the molecule is C=C.C=C(C)C/C=C\C=C(/C)CCC(C)c1ccc(-c2ccccc2C#N)nc1NCCc1cccc(F)c1.C=CC.CC. The van der Waals surface area contributed by atoms with Crippen molar-refractivity contribution in [2.75, 3.05) is 11.9 Å². The van der Waals surface area contributed by atoms with Crippen LogP contribution >= 0.6 is 0 Å². The number of aromatic nitrogens is 1. The van der Waals surface area contributed by atoms with E-state index in [1.807, 2.05) is 64.1 Å². The molecule has 3 rings (SSSR count). The molecule has 3 aromatic rings. The number of pyridine rings is 1. The zero-order chi connectivity index (χ0) is 33.3. The average molecular weight is 594 g/mol. The van der Waals surface area contributed by atoms with Gasteiger partial charge in [0.25, 0.3) is 0 Å². The number of hydrogen-bond donors (Lipinski definition) is 1. The summed E-state index contributed by atoms with van der Waals surface area (Å²) in [6.07, 6.45) is 11.7. The van der Waals surface area contributed by atoms with Crippen LogP contribution in [-0.4, -0.2) is 11.5 Å². The number of benzene rings is 2. The summed E-state index contributed by atoms with van der Waals surface area (Å²) in [4.78, 5) is 4.96. The first-order chi connectivity index (χ1) is 21.3. The van der Waals surface area contributed by atoms with Gasteiger partial charge < -0.3 is 5.32 Å². The van der Waals surface area contributed by atoms with Crippen molar-refractivity contribution in [1.82, 2.24) is 4.98 Å². The Balaban J connectivity index is 0.00000244. The molecule has 234 valence electrons. The molecule has 0 saturated carbocycles. The largest absolute Gasteiger partial charge is 0.369 e. The van der Waals surface area contributed by atoms with Crippen LogP contribution in [0.1, 0.15) is 83.4 Å². The van der Waals surface area contributed by atoms with Gasteiger partial charge in [-0.1, -0.05) is 99.2 Å². The molecule has 0 fully saturated rings. The number of nitriles is 1. The van der Waals surface area contributed by atoms with Crippen LogP contribution in [0.4, 0.5) is 10.2 Å². The maximum atomic E-state index is 13.6. The standard InChI is InChI=1S/C33H36FN3.C3H6.C2H6.C2H4/c1-24(2)10-5-6-11-25(3)16-17-26(4)30-18-19-32(31-15-8-7-13-28(31)23-35)37-33(30)36-21-20-27-12-9-14-29(34)22-27;1-3-2;2*1-2/h5-9,11-15,18-19,22,26H,1,10,16-17,20-21H2,2-4H3,(H,36,37);3H,1H2,2H3;1-2H3;1-2H2/b6-5-,25-11+;;;. The molecular weight excluding hydrogens is 541 g/mol. The quantitative estimate of drug-likeness (QED) is 0.168. The van der Waals surface area contributed by atoms with E-state index in [4.69, 9.17) is 4.98 Å². The van der Waals surface area contributed by atoms with Gasteiger partial charge in [-0.25, -0.2) is 9.37 Å². The molecule has 4 heteroatoms. The molecule has 1 unspecified atom stereocenters. The molecule has 2 aromatic carbocycles. The topological polar surface area (TPSA) is 48.7 Å². The molecule has 0 radical (unpaired) electrons. The van der Waals surface area contributed by atoms with E-state index >= 15 is 0 Å². The van der Waals surface area contributed by atoms with E-state index in [-0.39, 0.29) is 11.7 Å². The van der Waals surface area contributed by atoms with Gasteiger partial charge in [0.1, 0.15) is 11.6 Å². The van der Waals surface area contributed by atoms with Crippen LogP contribution in [0.2, 0.25) is 0 Å². The molecule has 1 atom stereocenters. The van der Waals surface area contributed by atoms with Crippen molar-refractivity contribution in [3.63, 3.8) is 0 Å². The second kappa shape index (κ2) is 24.0. The molecular formula is C40H52FN3. The van der Waals surface area contributed by atoms with Gasteiger partial charge in [-0.2, -0.15) is 5.26 Å². The van der Waals surface area contributed by atoms with E-state index in [9.17, 15) is 9.65 Å². The summed E-state index contributed by atoms with van der Waals surface area (Å²) in [5, 5.41) is 13.1. The van der Waals surface area contributed by atoms with Gasteiger partial charge in [-0.3, -0.25) is 0 Å². The van der Waals surface area contributed by atoms with Crippen molar-refractivity contribution in [1.29, 1.82) is 5.26 Å². The number of nitrogens with zero attached hydrogens (tertiary/aromatic N) is 2. The average Bonchev–Trinajstić information content (AvgIpc) is 3.04. The lowest BCUT2D eigenvalue weighted by atomic mass is 9.93. The summed E-state index contributed by atoms with van der Waals surface area (Å²) in [6, 6.07) is 20.6. The summed E-state index contributed by atoms with van der Waals surface area (Å²) in [5.74, 6) is 0.877. The number of allylic oxidation sites excluding steroid dienone is 6. The fraction of sp³-hybridized carbons (Fsp3) is 0.300. The molecule has 1 aromatic heterocycles. The van der Waals surface area contributed by atoms with Crippen LogP contribution in [0, 0.1) is 17.1 Å². The van der Waals surface area contributed by atoms with Crippen LogP contribution in [0.15, 0.2) is 122 Å². The number of nitrogens with one attached hydrogen (secondary N) is 1.